The van der Waals surface area contributed by atoms with Crippen LogP contribution in [0.15, 0.2) is 59.1 Å². The summed E-state index contributed by atoms with van der Waals surface area (Å²) in [6.07, 6.45) is 0.824. The number of hydrogen-bond donors (Lipinski definition) is 1. The highest BCUT2D eigenvalue weighted by Crippen LogP contribution is 2.15. The molecule has 0 amide bonds. The van der Waals surface area contributed by atoms with Crippen molar-refractivity contribution < 1.29 is 9.84 Å². The molecule has 0 aliphatic rings. The maximum Gasteiger partial charge on any atom is 0.0717 e. The maximum absolute atomic E-state index is 9.46. The predicted octanol–water partition coefficient (Wildman–Crippen LogP) is 3.82. The van der Waals surface area contributed by atoms with Crippen LogP contribution in [-0.2, 0) is 17.8 Å². The monoisotopic (exact) mass is 334 g/mol. The first-order chi connectivity index (χ1) is 9.78. The highest BCUT2D eigenvalue weighted by atomic mass is 79.9. The van der Waals surface area contributed by atoms with Crippen LogP contribution in [0.5, 0.6) is 0 Å². The average Bonchev–Trinajstić information content (AvgIpc) is 2.47. The molecule has 1 unspecified atom stereocenters. The molecule has 0 aliphatic carbocycles. The SMILES string of the molecule is OCC(COCc1ccccc1)Cc1cccc(Br)c1. The first-order valence-corrected chi connectivity index (χ1v) is 7.54. The average molecular weight is 335 g/mol. The molecule has 0 fully saturated rings. The largest absolute Gasteiger partial charge is 0.396 e. The fraction of sp³-hybridized carbons (Fsp3) is 0.294. The van der Waals surface area contributed by atoms with Crippen molar-refractivity contribution in [3.8, 4) is 0 Å². The second kappa shape index (κ2) is 8.20. The summed E-state index contributed by atoms with van der Waals surface area (Å²) in [7, 11) is 0. The Labute approximate surface area is 128 Å². The van der Waals surface area contributed by atoms with Crippen LogP contribution in [-0.4, -0.2) is 18.3 Å². The van der Waals surface area contributed by atoms with Gasteiger partial charge in [0, 0.05) is 17.0 Å². The van der Waals surface area contributed by atoms with Gasteiger partial charge in [-0.3, -0.25) is 0 Å². The third-order valence-electron chi connectivity index (χ3n) is 3.14. The minimum absolute atomic E-state index is 0.132. The maximum atomic E-state index is 9.46. The Morgan fingerprint density at radius 2 is 1.75 bits per heavy atom. The van der Waals surface area contributed by atoms with E-state index in [1.165, 1.54) is 5.56 Å². The molecule has 0 aliphatic heterocycles. The molecule has 0 saturated carbocycles. The molecule has 2 nitrogen and oxygen atoms in total. The van der Waals surface area contributed by atoms with E-state index in [2.05, 4.69) is 28.1 Å². The van der Waals surface area contributed by atoms with Crippen molar-refractivity contribution in [2.45, 2.75) is 13.0 Å². The molecule has 0 spiro atoms. The lowest BCUT2D eigenvalue weighted by molar-refractivity contribution is 0.0630. The van der Waals surface area contributed by atoms with Gasteiger partial charge in [-0.25, -0.2) is 0 Å². The third kappa shape index (κ3) is 5.08. The molecule has 3 heteroatoms. The van der Waals surface area contributed by atoms with E-state index in [9.17, 15) is 5.11 Å². The zero-order valence-corrected chi connectivity index (χ0v) is 12.9. The van der Waals surface area contributed by atoms with Crippen molar-refractivity contribution in [3.63, 3.8) is 0 Å². The first-order valence-electron chi connectivity index (χ1n) is 6.75. The van der Waals surface area contributed by atoms with Gasteiger partial charge in [-0.2, -0.15) is 0 Å². The van der Waals surface area contributed by atoms with Crippen LogP contribution in [0, 0.1) is 5.92 Å². The molecule has 106 valence electrons. The second-order valence-corrected chi connectivity index (χ2v) is 5.80. The van der Waals surface area contributed by atoms with Crippen LogP contribution in [0.25, 0.3) is 0 Å². The molecule has 0 aromatic heterocycles. The van der Waals surface area contributed by atoms with Crippen molar-refractivity contribution in [3.05, 3.63) is 70.2 Å². The fourth-order valence-corrected chi connectivity index (χ4v) is 2.54. The minimum atomic E-state index is 0.132. The number of rotatable bonds is 7. The Morgan fingerprint density at radius 3 is 2.45 bits per heavy atom. The summed E-state index contributed by atoms with van der Waals surface area (Å²) in [5.41, 5.74) is 2.37. The molecule has 2 aromatic rings. The lowest BCUT2D eigenvalue weighted by Gasteiger charge is -2.15. The van der Waals surface area contributed by atoms with Gasteiger partial charge in [-0.1, -0.05) is 58.4 Å². The van der Waals surface area contributed by atoms with Gasteiger partial charge in [0.1, 0.15) is 0 Å². The molecule has 0 heterocycles. The Bertz CT molecular complexity index is 513. The van der Waals surface area contributed by atoms with Gasteiger partial charge in [0.15, 0.2) is 0 Å². The summed E-state index contributed by atoms with van der Waals surface area (Å²) in [5.74, 6) is 0.132. The van der Waals surface area contributed by atoms with Crippen molar-refractivity contribution in [2.75, 3.05) is 13.2 Å². The number of hydrogen-bond acceptors (Lipinski definition) is 2. The zero-order valence-electron chi connectivity index (χ0n) is 11.3. The van der Waals surface area contributed by atoms with Crippen molar-refractivity contribution >= 4 is 15.9 Å². The normalized spacial score (nSPS) is 12.3. The van der Waals surface area contributed by atoms with Crippen molar-refractivity contribution in [1.29, 1.82) is 0 Å². The number of aliphatic hydroxyl groups excluding tert-OH is 1. The van der Waals surface area contributed by atoms with Gasteiger partial charge in [-0.15, -0.1) is 0 Å². The summed E-state index contributed by atoms with van der Waals surface area (Å²) < 4.78 is 6.77. The quantitative estimate of drug-likeness (QED) is 0.834. The Hall–Kier alpha value is -1.16. The van der Waals surface area contributed by atoms with E-state index < -0.39 is 0 Å². The number of ether oxygens (including phenoxy) is 1. The third-order valence-corrected chi connectivity index (χ3v) is 3.63. The van der Waals surface area contributed by atoms with Gasteiger partial charge in [0.05, 0.1) is 13.2 Å². The first kappa shape index (κ1) is 15.2. The predicted molar refractivity (Wildman–Crippen MR) is 84.5 cm³/mol. The number of benzene rings is 2. The summed E-state index contributed by atoms with van der Waals surface area (Å²) >= 11 is 3.46. The lowest BCUT2D eigenvalue weighted by atomic mass is 10.0. The van der Waals surface area contributed by atoms with Crippen LogP contribution >= 0.6 is 15.9 Å². The highest BCUT2D eigenvalue weighted by molar-refractivity contribution is 9.10. The van der Waals surface area contributed by atoms with Gasteiger partial charge in [0.25, 0.3) is 0 Å². The van der Waals surface area contributed by atoms with E-state index in [1.807, 2.05) is 42.5 Å². The molecule has 2 aromatic carbocycles. The molecule has 0 radical (unpaired) electrons. The summed E-state index contributed by atoms with van der Waals surface area (Å²) in [6.45, 7) is 1.30. The molecule has 1 atom stereocenters. The van der Waals surface area contributed by atoms with Gasteiger partial charge in [0.2, 0.25) is 0 Å². The molecule has 2 rings (SSSR count). The van der Waals surface area contributed by atoms with Gasteiger partial charge < -0.3 is 9.84 Å². The Morgan fingerprint density at radius 1 is 1.00 bits per heavy atom. The lowest BCUT2D eigenvalue weighted by Crippen LogP contribution is -2.16. The van der Waals surface area contributed by atoms with E-state index in [4.69, 9.17) is 4.74 Å². The van der Waals surface area contributed by atoms with Crippen molar-refractivity contribution in [1.82, 2.24) is 0 Å². The second-order valence-electron chi connectivity index (χ2n) is 4.88. The molecule has 20 heavy (non-hydrogen) atoms. The minimum Gasteiger partial charge on any atom is -0.396 e. The molecule has 0 bridgehead atoms. The Kier molecular flexibility index (Phi) is 6.25. The van der Waals surface area contributed by atoms with Crippen molar-refractivity contribution in [2.24, 2.45) is 5.92 Å². The standard InChI is InChI=1S/C17H19BrO2/c18-17-8-4-7-15(10-17)9-16(11-19)13-20-12-14-5-2-1-3-6-14/h1-8,10,16,19H,9,11-13H2. The molecule has 1 N–H and O–H groups in total. The van der Waals surface area contributed by atoms with Crippen LogP contribution in [0.3, 0.4) is 0 Å². The molecule has 0 saturated heterocycles. The fourth-order valence-electron chi connectivity index (χ4n) is 2.09. The van der Waals surface area contributed by atoms with Gasteiger partial charge in [-0.05, 0) is 29.7 Å². The van der Waals surface area contributed by atoms with E-state index in [-0.39, 0.29) is 12.5 Å². The smallest absolute Gasteiger partial charge is 0.0717 e. The van der Waals surface area contributed by atoms with Crippen LogP contribution < -0.4 is 0 Å². The van der Waals surface area contributed by atoms with E-state index in [1.54, 1.807) is 0 Å². The number of aliphatic hydroxyl groups is 1. The molecular weight excluding hydrogens is 316 g/mol. The topological polar surface area (TPSA) is 29.5 Å². The van der Waals surface area contributed by atoms with Crippen LogP contribution in [0.4, 0.5) is 0 Å². The zero-order chi connectivity index (χ0) is 14.2. The summed E-state index contributed by atoms with van der Waals surface area (Å²) in [6, 6.07) is 18.3. The summed E-state index contributed by atoms with van der Waals surface area (Å²) in [5, 5.41) is 9.46. The van der Waals surface area contributed by atoms with E-state index in [0.717, 1.165) is 16.5 Å². The van der Waals surface area contributed by atoms with Crippen LogP contribution in [0.1, 0.15) is 11.1 Å². The van der Waals surface area contributed by atoms with Gasteiger partial charge >= 0.3 is 0 Å². The highest BCUT2D eigenvalue weighted by Gasteiger charge is 2.09. The Balaban J connectivity index is 1.80. The van der Waals surface area contributed by atoms with Crippen LogP contribution in [0.2, 0.25) is 0 Å². The number of halogens is 1. The van der Waals surface area contributed by atoms with E-state index >= 15 is 0 Å². The van der Waals surface area contributed by atoms with E-state index in [0.29, 0.717) is 13.2 Å². The molecular formula is C17H19BrO2. The summed E-state index contributed by atoms with van der Waals surface area (Å²) in [4.78, 5) is 0.